The standard InChI is InChI=1S/C27H26F2N6O2/c28-25(29)24-21-15-32-23(34-26(36)22-12-27(22)5-6-30-16-27)11-20(21)17(13-33-24)1-2-18-3-4-19(14-31-18)35-7-9-37-10-8-35/h3-4,11,13-15,22,25,30H,5-10,12,16H2,(H,32,34,36). The second-order valence-electron chi connectivity index (χ2n) is 9.76. The molecular formula is C27H26F2N6O2. The number of nitrogens with zero attached hydrogens (tertiary/aromatic N) is 4. The van der Waals surface area contributed by atoms with E-state index in [9.17, 15) is 13.6 Å². The van der Waals surface area contributed by atoms with Crippen LogP contribution in [0.25, 0.3) is 10.8 Å². The van der Waals surface area contributed by atoms with Crippen LogP contribution in [0.5, 0.6) is 0 Å². The summed E-state index contributed by atoms with van der Waals surface area (Å²) < 4.78 is 32.7. The highest BCUT2D eigenvalue weighted by Crippen LogP contribution is 2.56. The molecule has 5 heterocycles. The molecule has 0 radical (unpaired) electrons. The van der Waals surface area contributed by atoms with Crippen LogP contribution < -0.4 is 15.5 Å². The van der Waals surface area contributed by atoms with Crippen LogP contribution in [0.4, 0.5) is 20.3 Å². The Kier molecular flexibility index (Phi) is 6.18. The molecule has 2 unspecified atom stereocenters. The van der Waals surface area contributed by atoms with Gasteiger partial charge in [0.2, 0.25) is 5.91 Å². The molecule has 1 saturated carbocycles. The number of aromatic nitrogens is 3. The fraction of sp³-hybridized carbons (Fsp3) is 0.407. The topological polar surface area (TPSA) is 92.3 Å². The number of rotatable bonds is 4. The van der Waals surface area contributed by atoms with Crippen molar-refractivity contribution < 1.29 is 18.3 Å². The first-order valence-electron chi connectivity index (χ1n) is 12.4. The number of nitrogens with one attached hydrogen (secondary N) is 2. The predicted molar refractivity (Wildman–Crippen MR) is 134 cm³/mol. The van der Waals surface area contributed by atoms with E-state index < -0.39 is 6.43 Å². The number of hydrogen-bond acceptors (Lipinski definition) is 7. The first-order valence-corrected chi connectivity index (χ1v) is 12.4. The van der Waals surface area contributed by atoms with Crippen LogP contribution >= 0.6 is 0 Å². The molecular weight excluding hydrogens is 478 g/mol. The van der Waals surface area contributed by atoms with E-state index in [1.807, 2.05) is 12.1 Å². The van der Waals surface area contributed by atoms with Gasteiger partial charge in [-0.15, -0.1) is 0 Å². The quantitative estimate of drug-likeness (QED) is 0.528. The van der Waals surface area contributed by atoms with Crippen LogP contribution in [0.1, 0.15) is 36.2 Å². The van der Waals surface area contributed by atoms with Crippen molar-refractivity contribution in [2.24, 2.45) is 11.3 Å². The van der Waals surface area contributed by atoms with Crippen LogP contribution in [0, 0.1) is 23.2 Å². The summed E-state index contributed by atoms with van der Waals surface area (Å²) >= 11 is 0. The van der Waals surface area contributed by atoms with E-state index in [0.29, 0.717) is 35.7 Å². The number of halogens is 2. The highest BCUT2D eigenvalue weighted by Gasteiger charge is 2.59. The molecule has 1 amide bonds. The highest BCUT2D eigenvalue weighted by atomic mass is 19.3. The Bertz CT molecular complexity index is 1390. The molecule has 2 atom stereocenters. The fourth-order valence-electron chi connectivity index (χ4n) is 5.26. The molecule has 8 nitrogen and oxygen atoms in total. The Balaban J connectivity index is 1.26. The molecule has 1 aliphatic carbocycles. The maximum absolute atomic E-state index is 13.6. The molecule has 2 aliphatic heterocycles. The molecule has 1 spiro atoms. The Labute approximate surface area is 212 Å². The van der Waals surface area contributed by atoms with E-state index in [0.717, 1.165) is 44.7 Å². The van der Waals surface area contributed by atoms with Crippen molar-refractivity contribution in [2.75, 3.05) is 49.6 Å². The summed E-state index contributed by atoms with van der Waals surface area (Å²) in [5.41, 5.74) is 1.69. The number of hydrogen-bond donors (Lipinski definition) is 2. The minimum atomic E-state index is -2.76. The number of morpholine rings is 1. The molecule has 2 N–H and O–H groups in total. The van der Waals surface area contributed by atoms with Gasteiger partial charge in [-0.1, -0.05) is 5.92 Å². The van der Waals surface area contributed by atoms with Gasteiger partial charge in [-0.2, -0.15) is 0 Å². The van der Waals surface area contributed by atoms with Crippen LogP contribution in [0.15, 0.2) is 36.8 Å². The number of amides is 1. The minimum absolute atomic E-state index is 0.0503. The van der Waals surface area contributed by atoms with Gasteiger partial charge in [0.15, 0.2) is 0 Å². The first kappa shape index (κ1) is 23.7. The summed E-state index contributed by atoms with van der Waals surface area (Å²) in [6.45, 7) is 4.77. The summed E-state index contributed by atoms with van der Waals surface area (Å²) in [7, 11) is 0. The van der Waals surface area contributed by atoms with Crippen LogP contribution in [0.2, 0.25) is 0 Å². The highest BCUT2D eigenvalue weighted by molar-refractivity contribution is 5.97. The second-order valence-corrected chi connectivity index (χ2v) is 9.76. The number of fused-ring (bicyclic) bond motifs is 1. The molecule has 37 heavy (non-hydrogen) atoms. The molecule has 3 aliphatic rings. The van der Waals surface area contributed by atoms with Crippen LogP contribution in [-0.2, 0) is 9.53 Å². The van der Waals surface area contributed by atoms with Crippen molar-refractivity contribution in [3.8, 4) is 11.8 Å². The SMILES string of the molecule is O=C(Nc1cc2c(C#Cc3ccc(N4CCOCC4)cn3)cnc(C(F)F)c2cn1)C1CC12CCNC2. The van der Waals surface area contributed by atoms with E-state index >= 15 is 0 Å². The first-order chi connectivity index (χ1) is 18.0. The van der Waals surface area contributed by atoms with Gasteiger partial charge in [-0.3, -0.25) is 9.78 Å². The van der Waals surface area contributed by atoms with Gasteiger partial charge < -0.3 is 20.3 Å². The molecule has 0 bridgehead atoms. The molecule has 3 aromatic rings. The Morgan fingerprint density at radius 1 is 1.14 bits per heavy atom. The largest absolute Gasteiger partial charge is 0.378 e. The number of carbonyl (C=O) groups excluding carboxylic acids is 1. The number of alkyl halides is 2. The minimum Gasteiger partial charge on any atom is -0.378 e. The van der Waals surface area contributed by atoms with Crippen molar-refractivity contribution in [3.05, 3.63) is 53.7 Å². The Morgan fingerprint density at radius 3 is 2.73 bits per heavy atom. The van der Waals surface area contributed by atoms with E-state index in [1.54, 1.807) is 12.3 Å². The lowest BCUT2D eigenvalue weighted by molar-refractivity contribution is -0.118. The van der Waals surface area contributed by atoms with Gasteiger partial charge >= 0.3 is 0 Å². The van der Waals surface area contributed by atoms with E-state index in [1.165, 1.54) is 12.4 Å². The van der Waals surface area contributed by atoms with Gasteiger partial charge in [-0.25, -0.2) is 18.7 Å². The summed E-state index contributed by atoms with van der Waals surface area (Å²) in [6, 6.07) is 5.39. The lowest BCUT2D eigenvalue weighted by Crippen LogP contribution is -2.36. The van der Waals surface area contributed by atoms with Gasteiger partial charge in [-0.05, 0) is 48.9 Å². The van der Waals surface area contributed by atoms with Crippen molar-refractivity contribution in [1.82, 2.24) is 20.3 Å². The van der Waals surface area contributed by atoms with Crippen molar-refractivity contribution in [1.29, 1.82) is 0 Å². The fourth-order valence-corrected chi connectivity index (χ4v) is 5.26. The van der Waals surface area contributed by atoms with E-state index in [4.69, 9.17) is 4.74 Å². The maximum Gasteiger partial charge on any atom is 0.281 e. The summed E-state index contributed by atoms with van der Waals surface area (Å²) in [4.78, 5) is 27.6. The number of ether oxygens (including phenoxy) is 1. The Hall–Kier alpha value is -3.68. The summed E-state index contributed by atoms with van der Waals surface area (Å²) in [6.07, 6.45) is 3.52. The maximum atomic E-state index is 13.6. The average Bonchev–Trinajstić information content (AvgIpc) is 3.44. The van der Waals surface area contributed by atoms with Crippen LogP contribution in [0.3, 0.4) is 0 Å². The normalized spacial score (nSPS) is 22.8. The Morgan fingerprint density at radius 2 is 2.00 bits per heavy atom. The zero-order valence-electron chi connectivity index (χ0n) is 20.1. The smallest absolute Gasteiger partial charge is 0.281 e. The van der Waals surface area contributed by atoms with Gasteiger partial charge in [0.05, 0.1) is 30.7 Å². The zero-order valence-corrected chi connectivity index (χ0v) is 20.1. The monoisotopic (exact) mass is 504 g/mol. The van der Waals surface area contributed by atoms with Crippen molar-refractivity contribution >= 4 is 28.2 Å². The molecule has 3 aromatic heterocycles. The lowest BCUT2D eigenvalue weighted by atomic mass is 10.0. The van der Waals surface area contributed by atoms with Crippen molar-refractivity contribution in [2.45, 2.75) is 19.3 Å². The van der Waals surface area contributed by atoms with Crippen LogP contribution in [-0.4, -0.2) is 60.3 Å². The third-order valence-electron chi connectivity index (χ3n) is 7.49. The van der Waals surface area contributed by atoms with Crippen molar-refractivity contribution in [3.63, 3.8) is 0 Å². The van der Waals surface area contributed by atoms with Gasteiger partial charge in [0, 0.05) is 48.7 Å². The molecule has 190 valence electrons. The summed E-state index contributed by atoms with van der Waals surface area (Å²) in [5.74, 6) is 6.20. The third-order valence-corrected chi connectivity index (χ3v) is 7.49. The average molecular weight is 505 g/mol. The molecule has 10 heteroatoms. The molecule has 2 saturated heterocycles. The third kappa shape index (κ3) is 4.72. The predicted octanol–water partition coefficient (Wildman–Crippen LogP) is 3.14. The number of anilines is 2. The number of pyridine rings is 3. The molecule has 3 fully saturated rings. The van der Waals surface area contributed by atoms with E-state index in [-0.39, 0.29) is 28.3 Å². The number of carbonyl (C=O) groups is 1. The van der Waals surface area contributed by atoms with E-state index in [2.05, 4.69) is 42.3 Å². The molecule has 6 rings (SSSR count). The molecule has 0 aromatic carbocycles. The van der Waals surface area contributed by atoms with Gasteiger partial charge in [0.25, 0.3) is 6.43 Å². The second kappa shape index (κ2) is 9.65. The summed E-state index contributed by atoms with van der Waals surface area (Å²) in [5, 5.41) is 6.86. The lowest BCUT2D eigenvalue weighted by Gasteiger charge is -2.28. The van der Waals surface area contributed by atoms with Gasteiger partial charge in [0.1, 0.15) is 17.2 Å². The zero-order chi connectivity index (χ0) is 25.4.